The van der Waals surface area contributed by atoms with E-state index in [2.05, 4.69) is 0 Å². The van der Waals surface area contributed by atoms with Gasteiger partial charge in [-0.1, -0.05) is 59.1 Å². The zero-order valence-electron chi connectivity index (χ0n) is 14.8. The van der Waals surface area contributed by atoms with Crippen LogP contribution in [-0.2, 0) is 21.2 Å². The Morgan fingerprint density at radius 3 is 2.50 bits per heavy atom. The first-order valence-electron chi connectivity index (χ1n) is 8.63. The van der Waals surface area contributed by atoms with Gasteiger partial charge >= 0.3 is 0 Å². The fourth-order valence-electron chi connectivity index (χ4n) is 3.11. The smallest absolute Gasteiger partial charge is 0.247 e. The van der Waals surface area contributed by atoms with Gasteiger partial charge in [0.25, 0.3) is 0 Å². The van der Waals surface area contributed by atoms with Crippen LogP contribution in [-0.4, -0.2) is 36.8 Å². The van der Waals surface area contributed by atoms with E-state index in [0.29, 0.717) is 27.1 Å². The molecule has 28 heavy (non-hydrogen) atoms. The van der Waals surface area contributed by atoms with E-state index < -0.39 is 9.84 Å². The highest BCUT2D eigenvalue weighted by Gasteiger charge is 2.34. The third-order valence-electron chi connectivity index (χ3n) is 4.60. The van der Waals surface area contributed by atoms with E-state index in [4.69, 9.17) is 34.8 Å². The summed E-state index contributed by atoms with van der Waals surface area (Å²) in [4.78, 5) is 14.5. The van der Waals surface area contributed by atoms with Crippen LogP contribution < -0.4 is 0 Å². The number of carbonyl (C=O) groups is 1. The van der Waals surface area contributed by atoms with E-state index in [0.717, 1.165) is 5.56 Å². The Hall–Kier alpha value is -1.53. The maximum atomic E-state index is 12.9. The largest absolute Gasteiger partial charge is 0.331 e. The number of benzene rings is 2. The van der Waals surface area contributed by atoms with Crippen LogP contribution in [0, 0.1) is 0 Å². The zero-order valence-corrected chi connectivity index (χ0v) is 17.9. The maximum absolute atomic E-state index is 12.9. The van der Waals surface area contributed by atoms with E-state index >= 15 is 0 Å². The van der Waals surface area contributed by atoms with Crippen LogP contribution in [0.1, 0.15) is 17.5 Å². The van der Waals surface area contributed by atoms with Crippen molar-refractivity contribution in [2.24, 2.45) is 0 Å². The monoisotopic (exact) mass is 457 g/mol. The highest BCUT2D eigenvalue weighted by Crippen LogP contribution is 2.25. The first kappa shape index (κ1) is 21.2. The minimum Gasteiger partial charge on any atom is -0.331 e. The van der Waals surface area contributed by atoms with Crippen molar-refractivity contribution in [2.45, 2.75) is 19.0 Å². The summed E-state index contributed by atoms with van der Waals surface area (Å²) >= 11 is 18.3. The first-order chi connectivity index (χ1) is 13.2. The fourth-order valence-corrected chi connectivity index (χ4v) is 5.51. The number of halogens is 3. The predicted molar refractivity (Wildman–Crippen MR) is 115 cm³/mol. The molecule has 0 aromatic heterocycles. The van der Waals surface area contributed by atoms with Gasteiger partial charge in [-0.2, -0.15) is 0 Å². The van der Waals surface area contributed by atoms with Gasteiger partial charge in [0.1, 0.15) is 0 Å². The molecule has 1 heterocycles. The molecular weight excluding hydrogens is 441 g/mol. The molecule has 0 bridgehead atoms. The molecule has 148 valence electrons. The third kappa shape index (κ3) is 5.29. The molecule has 1 amide bonds. The Balaban J connectivity index is 1.86. The van der Waals surface area contributed by atoms with Gasteiger partial charge in [-0.25, -0.2) is 8.42 Å². The van der Waals surface area contributed by atoms with E-state index in [9.17, 15) is 13.2 Å². The van der Waals surface area contributed by atoms with Crippen molar-refractivity contribution in [3.8, 4) is 0 Å². The lowest BCUT2D eigenvalue weighted by Crippen LogP contribution is -2.39. The Bertz CT molecular complexity index is 1020. The van der Waals surface area contributed by atoms with E-state index in [1.54, 1.807) is 41.3 Å². The van der Waals surface area contributed by atoms with Crippen LogP contribution in [0.4, 0.5) is 0 Å². The quantitative estimate of drug-likeness (QED) is 0.600. The molecule has 0 unspecified atom stereocenters. The topological polar surface area (TPSA) is 54.5 Å². The van der Waals surface area contributed by atoms with Crippen molar-refractivity contribution in [3.05, 3.63) is 74.7 Å². The number of carbonyl (C=O) groups excluding carboxylic acids is 1. The second-order valence-corrected chi connectivity index (χ2v) is 10.1. The molecule has 2 aromatic carbocycles. The van der Waals surface area contributed by atoms with Gasteiger partial charge < -0.3 is 4.90 Å². The highest BCUT2D eigenvalue weighted by molar-refractivity contribution is 7.91. The predicted octanol–water partition coefficient (Wildman–Crippen LogP) is 4.88. The standard InChI is InChI=1S/C20H18Cl3NO3S/c21-16-7-5-14(19(23)11-16)6-8-20(25)24(17-9-10-28(26,27)13-17)12-15-3-1-2-4-18(15)22/h1-8,11,17H,9-10,12-13H2/b8-6+/t17-/m1/s1. The molecule has 1 saturated heterocycles. The van der Waals surface area contributed by atoms with Crippen molar-refractivity contribution in [1.82, 2.24) is 4.90 Å². The average molecular weight is 459 g/mol. The van der Waals surface area contributed by atoms with Crippen molar-refractivity contribution >= 4 is 56.6 Å². The number of sulfone groups is 1. The summed E-state index contributed by atoms with van der Waals surface area (Å²) in [6.45, 7) is 0.234. The van der Waals surface area contributed by atoms with Gasteiger partial charge in [0, 0.05) is 33.7 Å². The summed E-state index contributed by atoms with van der Waals surface area (Å²) in [6, 6.07) is 11.8. The zero-order chi connectivity index (χ0) is 20.3. The molecule has 0 saturated carbocycles. The summed E-state index contributed by atoms with van der Waals surface area (Å²) in [5, 5.41) is 1.47. The van der Waals surface area contributed by atoms with Crippen LogP contribution >= 0.6 is 34.8 Å². The van der Waals surface area contributed by atoms with Gasteiger partial charge in [0.2, 0.25) is 5.91 Å². The molecule has 1 aliphatic heterocycles. The van der Waals surface area contributed by atoms with E-state index in [-0.39, 0.29) is 30.0 Å². The first-order valence-corrected chi connectivity index (χ1v) is 11.6. The van der Waals surface area contributed by atoms with Crippen molar-refractivity contribution in [3.63, 3.8) is 0 Å². The molecule has 1 atom stereocenters. The summed E-state index contributed by atoms with van der Waals surface area (Å²) in [5.74, 6) is -0.261. The second kappa shape index (κ2) is 8.87. The highest BCUT2D eigenvalue weighted by atomic mass is 35.5. The van der Waals surface area contributed by atoms with Crippen LogP contribution in [0.3, 0.4) is 0 Å². The van der Waals surface area contributed by atoms with Gasteiger partial charge in [0.05, 0.1) is 11.5 Å². The van der Waals surface area contributed by atoms with Crippen LogP contribution in [0.15, 0.2) is 48.5 Å². The summed E-state index contributed by atoms with van der Waals surface area (Å²) < 4.78 is 23.9. The lowest BCUT2D eigenvalue weighted by molar-refractivity contribution is -0.128. The van der Waals surface area contributed by atoms with Crippen molar-refractivity contribution < 1.29 is 13.2 Å². The molecule has 3 rings (SSSR count). The lowest BCUT2D eigenvalue weighted by Gasteiger charge is -2.27. The Morgan fingerprint density at radius 2 is 1.86 bits per heavy atom. The number of hydrogen-bond donors (Lipinski definition) is 0. The normalized spacial score (nSPS) is 18.5. The number of nitrogens with zero attached hydrogens (tertiary/aromatic N) is 1. The molecule has 8 heteroatoms. The molecular formula is C20H18Cl3NO3S. The number of hydrogen-bond acceptors (Lipinski definition) is 3. The molecule has 2 aromatic rings. The Labute approximate surface area is 179 Å². The summed E-state index contributed by atoms with van der Waals surface area (Å²) in [7, 11) is -3.14. The van der Waals surface area contributed by atoms with Crippen molar-refractivity contribution in [2.75, 3.05) is 11.5 Å². The Morgan fingerprint density at radius 1 is 1.11 bits per heavy atom. The van der Waals surface area contributed by atoms with Gasteiger partial charge in [-0.3, -0.25) is 4.79 Å². The maximum Gasteiger partial charge on any atom is 0.247 e. The van der Waals surface area contributed by atoms with Crippen LogP contribution in [0.25, 0.3) is 6.08 Å². The number of rotatable bonds is 5. The molecule has 0 aliphatic carbocycles. The summed E-state index contributed by atoms with van der Waals surface area (Å²) in [6.07, 6.45) is 3.41. The van der Waals surface area contributed by atoms with E-state index in [1.165, 1.54) is 6.08 Å². The van der Waals surface area contributed by atoms with Crippen LogP contribution in [0.5, 0.6) is 0 Å². The minimum absolute atomic E-state index is 0.0429. The molecule has 1 fully saturated rings. The molecule has 0 N–H and O–H groups in total. The minimum atomic E-state index is -3.14. The molecule has 0 radical (unpaired) electrons. The fraction of sp³-hybridized carbons (Fsp3) is 0.250. The van der Waals surface area contributed by atoms with Gasteiger partial charge in [-0.05, 0) is 41.8 Å². The van der Waals surface area contributed by atoms with Gasteiger partial charge in [0.15, 0.2) is 9.84 Å². The van der Waals surface area contributed by atoms with Crippen molar-refractivity contribution in [1.29, 1.82) is 0 Å². The third-order valence-corrected chi connectivity index (χ3v) is 7.28. The van der Waals surface area contributed by atoms with E-state index in [1.807, 2.05) is 12.1 Å². The van der Waals surface area contributed by atoms with Crippen LogP contribution in [0.2, 0.25) is 15.1 Å². The Kier molecular flexibility index (Phi) is 6.71. The molecule has 1 aliphatic rings. The average Bonchev–Trinajstić information content (AvgIpc) is 2.99. The molecule has 0 spiro atoms. The lowest BCUT2D eigenvalue weighted by atomic mass is 10.1. The van der Waals surface area contributed by atoms with Gasteiger partial charge in [-0.15, -0.1) is 0 Å². The number of amides is 1. The SMILES string of the molecule is O=C(/C=C/c1ccc(Cl)cc1Cl)N(Cc1ccccc1Cl)[C@@H]1CCS(=O)(=O)C1. The second-order valence-electron chi connectivity index (χ2n) is 6.61. The summed E-state index contributed by atoms with van der Waals surface area (Å²) in [5.41, 5.74) is 1.41. The molecule has 4 nitrogen and oxygen atoms in total.